The van der Waals surface area contributed by atoms with Gasteiger partial charge in [-0.2, -0.15) is 0 Å². The fourth-order valence-corrected chi connectivity index (χ4v) is 4.51. The molecule has 0 aromatic rings. The first kappa shape index (κ1) is 21.3. The number of rotatable bonds is 7. The minimum Gasteiger partial charge on any atom is -0.454 e. The number of hydrogen-bond donors (Lipinski definition) is 2. The molecule has 2 fully saturated rings. The van der Waals surface area contributed by atoms with E-state index < -0.39 is 30.7 Å². The highest BCUT2D eigenvalue weighted by Gasteiger charge is 2.55. The molecule has 3 aliphatic rings. The summed E-state index contributed by atoms with van der Waals surface area (Å²) in [4.78, 5) is 50.0. The molecular formula is C21H31N3O5. The molecule has 0 aromatic carbocycles. The van der Waals surface area contributed by atoms with E-state index in [0.29, 0.717) is 13.0 Å². The van der Waals surface area contributed by atoms with Gasteiger partial charge in [-0.25, -0.2) is 4.79 Å². The maximum Gasteiger partial charge on any atom is 0.326 e. The van der Waals surface area contributed by atoms with Crippen molar-refractivity contribution in [3.05, 3.63) is 11.6 Å². The summed E-state index contributed by atoms with van der Waals surface area (Å²) in [6.45, 7) is 1.57. The average molecular weight is 405 g/mol. The SMILES string of the molecule is C[C@H]1CCCC[C@]12NC(=O)N(CC(=O)OCC(=O)NCCC1=CCCCC1)C2=O. The van der Waals surface area contributed by atoms with Crippen LogP contribution < -0.4 is 10.6 Å². The Morgan fingerprint density at radius 3 is 2.83 bits per heavy atom. The Bertz CT molecular complexity index is 704. The molecule has 0 aromatic heterocycles. The number of amides is 4. The highest BCUT2D eigenvalue weighted by molar-refractivity contribution is 6.09. The summed E-state index contributed by atoms with van der Waals surface area (Å²) in [6.07, 6.45) is 11.0. The molecular weight excluding hydrogens is 374 g/mol. The zero-order chi connectivity index (χ0) is 20.9. The highest BCUT2D eigenvalue weighted by Crippen LogP contribution is 2.38. The van der Waals surface area contributed by atoms with Gasteiger partial charge >= 0.3 is 12.0 Å². The molecule has 8 heteroatoms. The monoisotopic (exact) mass is 405 g/mol. The third-order valence-corrected chi connectivity index (χ3v) is 6.31. The van der Waals surface area contributed by atoms with E-state index in [1.165, 1.54) is 18.4 Å². The average Bonchev–Trinajstić information content (AvgIpc) is 2.94. The molecule has 29 heavy (non-hydrogen) atoms. The molecule has 1 spiro atoms. The Morgan fingerprint density at radius 2 is 2.10 bits per heavy atom. The number of hydrogen-bond acceptors (Lipinski definition) is 5. The van der Waals surface area contributed by atoms with Crippen molar-refractivity contribution >= 4 is 23.8 Å². The summed E-state index contributed by atoms with van der Waals surface area (Å²) in [5, 5.41) is 5.53. The Morgan fingerprint density at radius 1 is 1.28 bits per heavy atom. The van der Waals surface area contributed by atoms with Crippen LogP contribution in [0.25, 0.3) is 0 Å². The minimum atomic E-state index is -0.902. The lowest BCUT2D eigenvalue weighted by molar-refractivity contribution is -0.151. The molecule has 2 aliphatic carbocycles. The molecule has 160 valence electrons. The predicted molar refractivity (Wildman–Crippen MR) is 106 cm³/mol. The van der Waals surface area contributed by atoms with E-state index in [1.54, 1.807) is 0 Å². The van der Waals surface area contributed by atoms with Crippen LogP contribution in [0.2, 0.25) is 0 Å². The van der Waals surface area contributed by atoms with Crippen LogP contribution in [0.15, 0.2) is 11.6 Å². The molecule has 4 amide bonds. The van der Waals surface area contributed by atoms with Crippen LogP contribution in [0.1, 0.15) is 64.7 Å². The number of ether oxygens (including phenoxy) is 1. The smallest absolute Gasteiger partial charge is 0.326 e. The fourth-order valence-electron chi connectivity index (χ4n) is 4.51. The second-order valence-corrected chi connectivity index (χ2v) is 8.31. The van der Waals surface area contributed by atoms with Crippen molar-refractivity contribution in [3.63, 3.8) is 0 Å². The number of urea groups is 1. The van der Waals surface area contributed by atoms with Gasteiger partial charge in [0, 0.05) is 6.54 Å². The molecule has 1 saturated heterocycles. The van der Waals surface area contributed by atoms with E-state index >= 15 is 0 Å². The Balaban J connectivity index is 1.41. The summed E-state index contributed by atoms with van der Waals surface area (Å²) in [5.74, 6) is -1.49. The maximum absolute atomic E-state index is 12.8. The van der Waals surface area contributed by atoms with Crippen LogP contribution in [0, 0.1) is 5.92 Å². The maximum atomic E-state index is 12.8. The summed E-state index contributed by atoms with van der Waals surface area (Å²) in [6, 6.07) is -0.564. The first-order chi connectivity index (χ1) is 13.9. The van der Waals surface area contributed by atoms with Gasteiger partial charge in [0.1, 0.15) is 12.1 Å². The molecule has 1 heterocycles. The number of imide groups is 1. The third-order valence-electron chi connectivity index (χ3n) is 6.31. The van der Waals surface area contributed by atoms with Gasteiger partial charge in [0.05, 0.1) is 0 Å². The number of carbonyl (C=O) groups excluding carboxylic acids is 4. The Kier molecular flexibility index (Phi) is 6.92. The molecule has 3 rings (SSSR count). The summed E-state index contributed by atoms with van der Waals surface area (Å²) >= 11 is 0. The quantitative estimate of drug-likeness (QED) is 0.383. The molecule has 1 aliphatic heterocycles. The molecule has 0 unspecified atom stereocenters. The van der Waals surface area contributed by atoms with Gasteiger partial charge in [-0.05, 0) is 50.9 Å². The zero-order valence-electron chi connectivity index (χ0n) is 17.1. The van der Waals surface area contributed by atoms with Crippen molar-refractivity contribution in [3.8, 4) is 0 Å². The van der Waals surface area contributed by atoms with Gasteiger partial charge in [-0.1, -0.05) is 31.4 Å². The van der Waals surface area contributed by atoms with Crippen molar-refractivity contribution in [1.29, 1.82) is 0 Å². The van der Waals surface area contributed by atoms with E-state index in [2.05, 4.69) is 16.7 Å². The largest absolute Gasteiger partial charge is 0.454 e. The van der Waals surface area contributed by atoms with Gasteiger partial charge in [0.15, 0.2) is 6.61 Å². The van der Waals surface area contributed by atoms with Crippen molar-refractivity contribution in [2.75, 3.05) is 19.7 Å². The molecule has 1 saturated carbocycles. The molecule has 2 N–H and O–H groups in total. The Labute approximate surface area is 171 Å². The van der Waals surface area contributed by atoms with Crippen LogP contribution in [-0.2, 0) is 19.1 Å². The van der Waals surface area contributed by atoms with E-state index in [1.807, 2.05) is 6.92 Å². The number of carbonyl (C=O) groups is 4. The molecule has 8 nitrogen and oxygen atoms in total. The van der Waals surface area contributed by atoms with Crippen LogP contribution in [0.4, 0.5) is 4.79 Å². The van der Waals surface area contributed by atoms with Crippen molar-refractivity contribution in [2.45, 2.75) is 70.3 Å². The third kappa shape index (κ3) is 4.97. The van der Waals surface area contributed by atoms with Crippen LogP contribution >= 0.6 is 0 Å². The lowest BCUT2D eigenvalue weighted by Gasteiger charge is -2.36. The number of nitrogens with zero attached hydrogens (tertiary/aromatic N) is 1. The van der Waals surface area contributed by atoms with Crippen molar-refractivity contribution in [2.24, 2.45) is 5.92 Å². The number of esters is 1. The second kappa shape index (κ2) is 9.41. The minimum absolute atomic E-state index is 0.0266. The lowest BCUT2D eigenvalue weighted by atomic mass is 9.73. The zero-order valence-corrected chi connectivity index (χ0v) is 17.1. The predicted octanol–water partition coefficient (Wildman–Crippen LogP) is 2.04. The van der Waals surface area contributed by atoms with E-state index in [4.69, 9.17) is 4.74 Å². The number of allylic oxidation sites excluding steroid dienone is 1. The summed E-state index contributed by atoms with van der Waals surface area (Å²) in [7, 11) is 0. The lowest BCUT2D eigenvalue weighted by Crippen LogP contribution is -2.54. The number of nitrogens with one attached hydrogen (secondary N) is 2. The van der Waals surface area contributed by atoms with E-state index in [-0.39, 0.29) is 17.7 Å². The topological polar surface area (TPSA) is 105 Å². The standard InChI is InChI=1S/C21H31N3O5/c1-15-7-5-6-11-21(15)19(27)24(20(28)23-21)13-18(26)29-14-17(25)22-12-10-16-8-3-2-4-9-16/h8,15H,2-7,9-14H2,1H3,(H,22,25)(H,23,28)/t15-,21-/m0/s1. The molecule has 0 bridgehead atoms. The molecule has 2 atom stereocenters. The first-order valence-electron chi connectivity index (χ1n) is 10.7. The van der Waals surface area contributed by atoms with Crippen LogP contribution in [-0.4, -0.2) is 54.0 Å². The van der Waals surface area contributed by atoms with Gasteiger partial charge in [-0.3, -0.25) is 19.3 Å². The van der Waals surface area contributed by atoms with Crippen LogP contribution in [0.3, 0.4) is 0 Å². The van der Waals surface area contributed by atoms with Gasteiger partial charge in [0.2, 0.25) is 0 Å². The summed E-state index contributed by atoms with van der Waals surface area (Å²) < 4.78 is 4.97. The van der Waals surface area contributed by atoms with Crippen molar-refractivity contribution < 1.29 is 23.9 Å². The Hall–Kier alpha value is -2.38. The summed E-state index contributed by atoms with van der Waals surface area (Å²) in [5.41, 5.74) is 0.457. The highest BCUT2D eigenvalue weighted by atomic mass is 16.5. The van der Waals surface area contributed by atoms with Gasteiger partial charge in [0.25, 0.3) is 11.8 Å². The second-order valence-electron chi connectivity index (χ2n) is 8.31. The fraction of sp³-hybridized carbons (Fsp3) is 0.714. The van der Waals surface area contributed by atoms with Crippen molar-refractivity contribution in [1.82, 2.24) is 15.5 Å². The van der Waals surface area contributed by atoms with E-state index in [0.717, 1.165) is 43.4 Å². The van der Waals surface area contributed by atoms with Gasteiger partial charge < -0.3 is 15.4 Å². The first-order valence-corrected chi connectivity index (χ1v) is 10.7. The normalized spacial score (nSPS) is 26.9. The van der Waals surface area contributed by atoms with Gasteiger partial charge in [-0.15, -0.1) is 0 Å². The van der Waals surface area contributed by atoms with E-state index in [9.17, 15) is 19.2 Å². The molecule has 0 radical (unpaired) electrons. The van der Waals surface area contributed by atoms with Crippen LogP contribution in [0.5, 0.6) is 0 Å².